The average molecular weight is 328 g/mol. The Kier molecular flexibility index (Phi) is 22.0. The molecule has 4 heteroatoms. The molecule has 0 N–H and O–H groups in total. The van der Waals surface area contributed by atoms with E-state index in [1.54, 1.807) is 0 Å². The van der Waals surface area contributed by atoms with Crippen LogP contribution in [0.2, 0.25) is 0 Å². The molecule has 0 amide bonds. The van der Waals surface area contributed by atoms with Crippen molar-refractivity contribution in [2.45, 2.75) is 41.5 Å². The molecule has 23 heavy (non-hydrogen) atoms. The quantitative estimate of drug-likeness (QED) is 0.561. The van der Waals surface area contributed by atoms with Gasteiger partial charge < -0.3 is 18.9 Å². The molecule has 0 bridgehead atoms. The van der Waals surface area contributed by atoms with Crippen molar-refractivity contribution in [3.8, 4) is 5.75 Å². The topological polar surface area (TPSA) is 36.9 Å². The molecule has 0 saturated carbocycles. The fourth-order valence-electron chi connectivity index (χ4n) is 1.44. The van der Waals surface area contributed by atoms with Gasteiger partial charge in [-0.15, -0.1) is 0 Å². The normalized spacial score (nSPS) is 9.30. The van der Waals surface area contributed by atoms with Crippen LogP contribution >= 0.6 is 0 Å². The van der Waals surface area contributed by atoms with E-state index >= 15 is 0 Å². The van der Waals surface area contributed by atoms with Gasteiger partial charge in [-0.05, 0) is 26.0 Å². The third kappa shape index (κ3) is 17.1. The molecule has 0 spiro atoms. The van der Waals surface area contributed by atoms with Crippen molar-refractivity contribution < 1.29 is 18.9 Å². The summed E-state index contributed by atoms with van der Waals surface area (Å²) in [5.41, 5.74) is 1.23. The first-order valence-corrected chi connectivity index (χ1v) is 8.75. The fraction of sp³-hybridized carbons (Fsp3) is 0.684. The van der Waals surface area contributed by atoms with E-state index < -0.39 is 0 Å². The van der Waals surface area contributed by atoms with Crippen LogP contribution < -0.4 is 4.74 Å². The zero-order valence-electron chi connectivity index (χ0n) is 15.9. The van der Waals surface area contributed by atoms with E-state index in [4.69, 9.17) is 18.9 Å². The van der Waals surface area contributed by atoms with Crippen molar-refractivity contribution in [3.05, 3.63) is 29.8 Å². The molecule has 0 heterocycles. The van der Waals surface area contributed by atoms with Gasteiger partial charge in [-0.25, -0.2) is 0 Å². The Bertz CT molecular complexity index is 312. The van der Waals surface area contributed by atoms with Gasteiger partial charge in [0.05, 0.1) is 33.0 Å². The smallest absolute Gasteiger partial charge is 0.119 e. The van der Waals surface area contributed by atoms with Crippen molar-refractivity contribution in [2.24, 2.45) is 0 Å². The van der Waals surface area contributed by atoms with Crippen LogP contribution in [0.4, 0.5) is 0 Å². The number of aryl methyl sites for hydroxylation is 1. The summed E-state index contributed by atoms with van der Waals surface area (Å²) >= 11 is 0. The van der Waals surface area contributed by atoms with Crippen LogP contribution in [-0.2, 0) is 14.2 Å². The minimum Gasteiger partial charge on any atom is -0.491 e. The summed E-state index contributed by atoms with van der Waals surface area (Å²) in [4.78, 5) is 0. The highest BCUT2D eigenvalue weighted by Crippen LogP contribution is 2.10. The monoisotopic (exact) mass is 328 g/mol. The van der Waals surface area contributed by atoms with E-state index in [0.717, 1.165) is 12.4 Å². The third-order valence-electron chi connectivity index (χ3n) is 2.47. The lowest BCUT2D eigenvalue weighted by atomic mass is 10.2. The molecule has 0 aliphatic rings. The molecule has 0 atom stereocenters. The second kappa shape index (κ2) is 20.9. The molecule has 0 aromatic heterocycles. The molecule has 0 aliphatic carbocycles. The molecule has 136 valence electrons. The highest BCUT2D eigenvalue weighted by molar-refractivity contribution is 5.26. The lowest BCUT2D eigenvalue weighted by molar-refractivity contribution is 0.0114. The van der Waals surface area contributed by atoms with Gasteiger partial charge in [0.25, 0.3) is 0 Å². The van der Waals surface area contributed by atoms with Crippen LogP contribution in [0.5, 0.6) is 5.75 Å². The Morgan fingerprint density at radius 1 is 0.652 bits per heavy atom. The van der Waals surface area contributed by atoms with E-state index in [-0.39, 0.29) is 0 Å². The van der Waals surface area contributed by atoms with E-state index in [0.29, 0.717) is 39.6 Å². The van der Waals surface area contributed by atoms with E-state index in [1.807, 2.05) is 58.9 Å². The molecule has 0 fully saturated rings. The first-order valence-electron chi connectivity index (χ1n) is 8.75. The molecule has 4 nitrogen and oxygen atoms in total. The molecule has 0 aliphatic heterocycles. The Hall–Kier alpha value is -1.10. The van der Waals surface area contributed by atoms with Gasteiger partial charge in [0.15, 0.2) is 0 Å². The standard InChI is InChI=1S/C15H24O4.2C2H6/c1-3-16-8-9-17-10-11-18-12-13-19-15-6-4-14(2)5-7-15;2*1-2/h4-7H,3,8-13H2,1-2H3;2*1-2H3. The summed E-state index contributed by atoms with van der Waals surface area (Å²) in [6.45, 7) is 16.3. The van der Waals surface area contributed by atoms with Crippen LogP contribution in [0, 0.1) is 6.92 Å². The minimum atomic E-state index is 0.558. The Morgan fingerprint density at radius 2 is 1.09 bits per heavy atom. The van der Waals surface area contributed by atoms with Crippen molar-refractivity contribution in [1.82, 2.24) is 0 Å². The third-order valence-corrected chi connectivity index (χ3v) is 2.47. The van der Waals surface area contributed by atoms with Crippen molar-refractivity contribution in [1.29, 1.82) is 0 Å². The number of ether oxygens (including phenoxy) is 4. The fourth-order valence-corrected chi connectivity index (χ4v) is 1.44. The number of hydrogen-bond acceptors (Lipinski definition) is 4. The predicted molar refractivity (Wildman–Crippen MR) is 97.5 cm³/mol. The summed E-state index contributed by atoms with van der Waals surface area (Å²) in [7, 11) is 0. The summed E-state index contributed by atoms with van der Waals surface area (Å²) < 4.78 is 21.4. The van der Waals surface area contributed by atoms with E-state index in [9.17, 15) is 0 Å². The van der Waals surface area contributed by atoms with Crippen molar-refractivity contribution in [3.63, 3.8) is 0 Å². The van der Waals surface area contributed by atoms with Crippen LogP contribution in [0.25, 0.3) is 0 Å². The van der Waals surface area contributed by atoms with Gasteiger partial charge in [0.1, 0.15) is 12.4 Å². The Morgan fingerprint density at radius 3 is 1.57 bits per heavy atom. The van der Waals surface area contributed by atoms with Gasteiger partial charge >= 0.3 is 0 Å². The maximum absolute atomic E-state index is 5.53. The molecule has 1 aromatic carbocycles. The summed E-state index contributed by atoms with van der Waals surface area (Å²) in [5, 5.41) is 0. The number of hydrogen-bond donors (Lipinski definition) is 0. The summed E-state index contributed by atoms with van der Waals surface area (Å²) in [6, 6.07) is 7.99. The van der Waals surface area contributed by atoms with Crippen LogP contribution in [0.15, 0.2) is 24.3 Å². The zero-order chi connectivity index (χ0) is 17.8. The van der Waals surface area contributed by atoms with Gasteiger partial charge in [0, 0.05) is 6.61 Å². The molecular weight excluding hydrogens is 292 g/mol. The highest BCUT2D eigenvalue weighted by atomic mass is 16.6. The largest absolute Gasteiger partial charge is 0.491 e. The molecule has 0 radical (unpaired) electrons. The predicted octanol–water partition coefficient (Wildman–Crippen LogP) is 4.50. The van der Waals surface area contributed by atoms with Crippen molar-refractivity contribution in [2.75, 3.05) is 46.2 Å². The summed E-state index contributed by atoms with van der Waals surface area (Å²) in [6.07, 6.45) is 0. The Balaban J connectivity index is 0. The van der Waals surface area contributed by atoms with E-state index in [1.165, 1.54) is 5.56 Å². The van der Waals surface area contributed by atoms with Gasteiger partial charge in [0.2, 0.25) is 0 Å². The first kappa shape index (κ1) is 24.2. The SMILES string of the molecule is CC.CC.CCOCCOCCOCCOc1ccc(C)cc1. The van der Waals surface area contributed by atoms with Gasteiger partial charge in [-0.1, -0.05) is 45.4 Å². The van der Waals surface area contributed by atoms with Crippen LogP contribution in [-0.4, -0.2) is 46.2 Å². The molecular formula is C19H36O4. The van der Waals surface area contributed by atoms with Crippen LogP contribution in [0.1, 0.15) is 40.2 Å². The van der Waals surface area contributed by atoms with Gasteiger partial charge in [-0.3, -0.25) is 0 Å². The van der Waals surface area contributed by atoms with Crippen molar-refractivity contribution >= 4 is 0 Å². The number of benzene rings is 1. The second-order valence-corrected chi connectivity index (χ2v) is 4.08. The molecule has 0 unspecified atom stereocenters. The lowest BCUT2D eigenvalue weighted by Crippen LogP contribution is -2.12. The zero-order valence-corrected chi connectivity index (χ0v) is 15.9. The Labute approximate surface area is 143 Å². The lowest BCUT2D eigenvalue weighted by Gasteiger charge is -2.08. The summed E-state index contributed by atoms with van der Waals surface area (Å²) in [5.74, 6) is 0.877. The van der Waals surface area contributed by atoms with Gasteiger partial charge in [-0.2, -0.15) is 0 Å². The average Bonchev–Trinajstić information content (AvgIpc) is 2.62. The maximum atomic E-state index is 5.53. The molecule has 1 rings (SSSR count). The highest BCUT2D eigenvalue weighted by Gasteiger charge is 1.94. The maximum Gasteiger partial charge on any atom is 0.119 e. The van der Waals surface area contributed by atoms with E-state index in [2.05, 4.69) is 6.92 Å². The minimum absolute atomic E-state index is 0.558. The molecule has 0 saturated heterocycles. The van der Waals surface area contributed by atoms with Crippen LogP contribution in [0.3, 0.4) is 0 Å². The second-order valence-electron chi connectivity index (χ2n) is 4.08. The molecule has 1 aromatic rings. The first-order chi connectivity index (χ1) is 11.3. The number of rotatable bonds is 11.